The molecule has 0 spiro atoms. The molecule has 0 aromatic heterocycles. The summed E-state index contributed by atoms with van der Waals surface area (Å²) in [6.45, 7) is -0.416. The summed E-state index contributed by atoms with van der Waals surface area (Å²) in [6, 6.07) is 16.4. The van der Waals surface area contributed by atoms with Crippen LogP contribution in [0.15, 0.2) is 72.8 Å². The van der Waals surface area contributed by atoms with Crippen molar-refractivity contribution < 1.29 is 27.6 Å². The molecule has 164 valence electrons. The second-order valence-electron chi connectivity index (χ2n) is 6.80. The van der Waals surface area contributed by atoms with Gasteiger partial charge in [0.2, 0.25) is 0 Å². The van der Waals surface area contributed by atoms with E-state index in [0.29, 0.717) is 17.4 Å². The van der Waals surface area contributed by atoms with Crippen LogP contribution in [0, 0.1) is 0 Å². The lowest BCUT2D eigenvalue weighted by molar-refractivity contribution is -0.137. The number of nitrogen functional groups attached to an aromatic ring is 1. The molecule has 9 heteroatoms. The first kappa shape index (κ1) is 22.5. The Kier molecular flexibility index (Phi) is 6.58. The molecule has 0 saturated heterocycles. The van der Waals surface area contributed by atoms with Crippen LogP contribution in [0.5, 0.6) is 0 Å². The standard InChI is InChI=1S/C23H18F3N3O3/c24-23(25,26)17-5-3-4-16(12-17)21(31)28-13-20(30)14-8-10-15(11-9-14)22(32)29-19-7-2-1-6-18(19)27/h1-12H,13,27H2,(H,28,31)(H,29,32). The van der Waals surface area contributed by atoms with Crippen molar-refractivity contribution in [1.82, 2.24) is 5.32 Å². The van der Waals surface area contributed by atoms with Crippen molar-refractivity contribution in [2.75, 3.05) is 17.6 Å². The third-order valence-corrected chi connectivity index (χ3v) is 4.54. The molecule has 3 rings (SSSR count). The van der Waals surface area contributed by atoms with Crippen LogP contribution < -0.4 is 16.4 Å². The molecule has 4 N–H and O–H groups in total. The first-order valence-electron chi connectivity index (χ1n) is 9.40. The topological polar surface area (TPSA) is 101 Å². The Balaban J connectivity index is 1.60. The second-order valence-corrected chi connectivity index (χ2v) is 6.80. The Labute approximate surface area is 181 Å². The highest BCUT2D eigenvalue weighted by Crippen LogP contribution is 2.29. The van der Waals surface area contributed by atoms with Crippen LogP contribution in [-0.4, -0.2) is 24.1 Å². The van der Waals surface area contributed by atoms with Crippen molar-refractivity contribution in [2.45, 2.75) is 6.18 Å². The molecule has 0 bridgehead atoms. The van der Waals surface area contributed by atoms with Crippen molar-refractivity contribution in [1.29, 1.82) is 0 Å². The number of hydrogen-bond acceptors (Lipinski definition) is 4. The van der Waals surface area contributed by atoms with Crippen LogP contribution in [0.25, 0.3) is 0 Å². The smallest absolute Gasteiger partial charge is 0.397 e. The Bertz CT molecular complexity index is 1160. The lowest BCUT2D eigenvalue weighted by Gasteiger charge is -2.10. The summed E-state index contributed by atoms with van der Waals surface area (Å²) in [5.41, 5.74) is 6.00. The number of nitrogens with two attached hydrogens (primary N) is 1. The fourth-order valence-electron chi connectivity index (χ4n) is 2.81. The Hall–Kier alpha value is -4.14. The van der Waals surface area contributed by atoms with Gasteiger partial charge in [-0.3, -0.25) is 14.4 Å². The molecule has 0 aliphatic carbocycles. The second kappa shape index (κ2) is 9.34. The SMILES string of the molecule is Nc1ccccc1NC(=O)c1ccc(C(=O)CNC(=O)c2cccc(C(F)(F)F)c2)cc1. The van der Waals surface area contributed by atoms with E-state index in [1.165, 1.54) is 30.3 Å². The van der Waals surface area contributed by atoms with Crippen molar-refractivity contribution >= 4 is 29.0 Å². The van der Waals surface area contributed by atoms with E-state index in [-0.39, 0.29) is 16.7 Å². The van der Waals surface area contributed by atoms with Crippen LogP contribution in [-0.2, 0) is 6.18 Å². The molecule has 2 amide bonds. The zero-order valence-electron chi connectivity index (χ0n) is 16.6. The lowest BCUT2D eigenvalue weighted by atomic mass is 10.1. The third kappa shape index (κ3) is 5.51. The number of carbonyl (C=O) groups excluding carboxylic acids is 3. The summed E-state index contributed by atoms with van der Waals surface area (Å²) >= 11 is 0. The fourth-order valence-corrected chi connectivity index (χ4v) is 2.81. The summed E-state index contributed by atoms with van der Waals surface area (Å²) in [6.07, 6.45) is -4.58. The molecule has 6 nitrogen and oxygen atoms in total. The van der Waals surface area contributed by atoms with Crippen molar-refractivity contribution in [3.8, 4) is 0 Å². The summed E-state index contributed by atoms with van der Waals surface area (Å²) in [5, 5.41) is 4.97. The van der Waals surface area contributed by atoms with Gasteiger partial charge < -0.3 is 16.4 Å². The molecule has 0 heterocycles. The number of para-hydroxylation sites is 2. The van der Waals surface area contributed by atoms with Crippen LogP contribution in [0.1, 0.15) is 36.6 Å². The molecular formula is C23H18F3N3O3. The highest BCUT2D eigenvalue weighted by Gasteiger charge is 2.30. The van der Waals surface area contributed by atoms with E-state index in [2.05, 4.69) is 10.6 Å². The zero-order valence-corrected chi connectivity index (χ0v) is 16.6. The van der Waals surface area contributed by atoms with Gasteiger partial charge in [0, 0.05) is 16.7 Å². The average molecular weight is 441 g/mol. The molecule has 32 heavy (non-hydrogen) atoms. The van der Waals surface area contributed by atoms with E-state index in [9.17, 15) is 27.6 Å². The highest BCUT2D eigenvalue weighted by atomic mass is 19.4. The number of Topliss-reactive ketones (excluding diaryl/α,β-unsaturated/α-hetero) is 1. The van der Waals surface area contributed by atoms with Gasteiger partial charge in [-0.25, -0.2) is 0 Å². The maximum Gasteiger partial charge on any atom is 0.416 e. The number of amides is 2. The maximum absolute atomic E-state index is 12.8. The quantitative estimate of drug-likeness (QED) is 0.395. The summed E-state index contributed by atoms with van der Waals surface area (Å²) < 4.78 is 38.3. The van der Waals surface area contributed by atoms with E-state index in [4.69, 9.17) is 5.73 Å². The van der Waals surface area contributed by atoms with E-state index in [1.54, 1.807) is 24.3 Å². The number of rotatable bonds is 6. The summed E-state index contributed by atoms with van der Waals surface area (Å²) in [4.78, 5) is 36.8. The number of carbonyl (C=O) groups is 3. The Morgan fingerprint density at radius 1 is 0.781 bits per heavy atom. The van der Waals surface area contributed by atoms with Crippen LogP contribution >= 0.6 is 0 Å². The molecule has 0 saturated carbocycles. The Morgan fingerprint density at radius 2 is 1.44 bits per heavy atom. The summed E-state index contributed by atoms with van der Waals surface area (Å²) in [5.74, 6) is -1.69. The van der Waals surface area contributed by atoms with Gasteiger partial charge in [0.1, 0.15) is 0 Å². The minimum absolute atomic E-state index is 0.208. The molecule has 0 aliphatic heterocycles. The third-order valence-electron chi connectivity index (χ3n) is 4.54. The van der Waals surface area contributed by atoms with Crippen molar-refractivity contribution in [3.63, 3.8) is 0 Å². The Morgan fingerprint density at radius 3 is 2.09 bits per heavy atom. The van der Waals surface area contributed by atoms with E-state index in [1.807, 2.05) is 0 Å². The van der Waals surface area contributed by atoms with Crippen molar-refractivity contribution in [2.24, 2.45) is 0 Å². The van der Waals surface area contributed by atoms with Gasteiger partial charge in [0.15, 0.2) is 5.78 Å². The van der Waals surface area contributed by atoms with Gasteiger partial charge in [-0.1, -0.05) is 30.3 Å². The first-order valence-corrected chi connectivity index (χ1v) is 9.40. The van der Waals surface area contributed by atoms with Crippen molar-refractivity contribution in [3.05, 3.63) is 95.1 Å². The molecule has 0 fully saturated rings. The molecule has 0 unspecified atom stereocenters. The minimum atomic E-state index is -4.58. The summed E-state index contributed by atoms with van der Waals surface area (Å²) in [7, 11) is 0. The van der Waals surface area contributed by atoms with Crippen LogP contribution in [0.3, 0.4) is 0 Å². The van der Waals surface area contributed by atoms with Gasteiger partial charge in [-0.2, -0.15) is 13.2 Å². The molecule has 0 aliphatic rings. The molecular weight excluding hydrogens is 423 g/mol. The first-order chi connectivity index (χ1) is 15.1. The number of nitrogens with one attached hydrogen (secondary N) is 2. The number of hydrogen-bond donors (Lipinski definition) is 3. The molecule has 0 atom stereocenters. The number of anilines is 2. The maximum atomic E-state index is 12.8. The van der Waals surface area contributed by atoms with Gasteiger partial charge in [-0.15, -0.1) is 0 Å². The number of ketones is 1. The number of halogens is 3. The number of alkyl halides is 3. The van der Waals surface area contributed by atoms with E-state index in [0.717, 1.165) is 12.1 Å². The molecule has 3 aromatic rings. The predicted octanol–water partition coefficient (Wildman–Crippen LogP) is 4.15. The zero-order chi connectivity index (χ0) is 23.3. The van der Waals surface area contributed by atoms with Gasteiger partial charge >= 0.3 is 6.18 Å². The van der Waals surface area contributed by atoms with Gasteiger partial charge in [0.25, 0.3) is 11.8 Å². The molecule has 0 radical (unpaired) electrons. The highest BCUT2D eigenvalue weighted by molar-refractivity contribution is 6.07. The van der Waals surface area contributed by atoms with E-state index >= 15 is 0 Å². The largest absolute Gasteiger partial charge is 0.416 e. The number of benzene rings is 3. The van der Waals surface area contributed by atoms with Crippen LogP contribution in [0.4, 0.5) is 24.5 Å². The van der Waals surface area contributed by atoms with Crippen LogP contribution in [0.2, 0.25) is 0 Å². The minimum Gasteiger partial charge on any atom is -0.397 e. The molecule has 3 aromatic carbocycles. The normalized spacial score (nSPS) is 11.0. The van der Waals surface area contributed by atoms with Gasteiger partial charge in [-0.05, 0) is 42.5 Å². The average Bonchev–Trinajstić information content (AvgIpc) is 2.78. The van der Waals surface area contributed by atoms with Gasteiger partial charge in [0.05, 0.1) is 23.5 Å². The fraction of sp³-hybridized carbons (Fsp3) is 0.0870. The predicted molar refractivity (Wildman–Crippen MR) is 113 cm³/mol. The lowest BCUT2D eigenvalue weighted by Crippen LogP contribution is -2.29. The van der Waals surface area contributed by atoms with E-state index < -0.39 is 35.9 Å². The monoisotopic (exact) mass is 441 g/mol.